The number of pyridine rings is 1. The molecule has 0 saturated heterocycles. The topological polar surface area (TPSA) is 63.7 Å². The Kier molecular flexibility index (Phi) is 5.55. The van der Waals surface area contributed by atoms with E-state index in [-0.39, 0.29) is 11.3 Å². The summed E-state index contributed by atoms with van der Waals surface area (Å²) in [5.74, 6) is 1.70. The van der Waals surface area contributed by atoms with E-state index in [2.05, 4.69) is 31.1 Å². The van der Waals surface area contributed by atoms with Crippen LogP contribution in [0.2, 0.25) is 0 Å². The molecule has 6 nitrogen and oxygen atoms in total. The third-order valence-corrected chi connectivity index (χ3v) is 5.33. The average Bonchev–Trinajstić information content (AvgIpc) is 2.78. The number of nitrogens with zero attached hydrogens (tertiary/aromatic N) is 2. The van der Waals surface area contributed by atoms with Crippen LogP contribution in [0.15, 0.2) is 60.8 Å². The first kappa shape index (κ1) is 20.7. The summed E-state index contributed by atoms with van der Waals surface area (Å²) >= 11 is 0. The number of aromatic nitrogens is 1. The van der Waals surface area contributed by atoms with Gasteiger partial charge in [-0.3, -0.25) is 4.79 Å². The predicted octanol–water partition coefficient (Wildman–Crippen LogP) is 5.17. The van der Waals surface area contributed by atoms with Gasteiger partial charge in [0.05, 0.1) is 24.9 Å². The monoisotopic (exact) mass is 417 g/mol. The minimum atomic E-state index is -0.213. The highest BCUT2D eigenvalue weighted by Crippen LogP contribution is 2.41. The van der Waals surface area contributed by atoms with Crippen LogP contribution in [-0.4, -0.2) is 31.2 Å². The van der Waals surface area contributed by atoms with Crippen molar-refractivity contribution in [1.29, 1.82) is 0 Å². The number of amides is 1. The lowest BCUT2D eigenvalue weighted by Crippen LogP contribution is -2.31. The molecule has 160 valence electrons. The molecule has 2 heterocycles. The lowest BCUT2D eigenvalue weighted by molar-refractivity contribution is 0.102. The van der Waals surface area contributed by atoms with Crippen LogP contribution >= 0.6 is 0 Å². The molecule has 1 aliphatic rings. The molecule has 6 heteroatoms. The Morgan fingerprint density at radius 1 is 1.10 bits per heavy atom. The minimum absolute atomic E-state index is 0.0604. The second-order valence-electron chi connectivity index (χ2n) is 8.46. The molecule has 31 heavy (non-hydrogen) atoms. The number of nitrogens with one attached hydrogen (secondary N) is 1. The van der Waals surface area contributed by atoms with Crippen LogP contribution in [0, 0.1) is 0 Å². The zero-order valence-corrected chi connectivity index (χ0v) is 18.3. The normalized spacial score (nSPS) is 13.2. The van der Waals surface area contributed by atoms with Crippen molar-refractivity contribution in [3.63, 3.8) is 0 Å². The van der Waals surface area contributed by atoms with E-state index in [4.69, 9.17) is 9.47 Å². The van der Waals surface area contributed by atoms with E-state index in [1.807, 2.05) is 53.4 Å². The first-order chi connectivity index (χ1) is 14.9. The Balaban J connectivity index is 1.63. The van der Waals surface area contributed by atoms with Gasteiger partial charge in [-0.2, -0.15) is 0 Å². The summed E-state index contributed by atoms with van der Waals surface area (Å²) in [6.45, 7) is 7.54. The third-order valence-electron chi connectivity index (χ3n) is 5.33. The number of ether oxygens (including phenoxy) is 2. The van der Waals surface area contributed by atoms with Gasteiger partial charge in [-0.25, -0.2) is 4.98 Å². The molecule has 0 aliphatic carbocycles. The molecule has 0 radical (unpaired) electrons. The van der Waals surface area contributed by atoms with Crippen LogP contribution in [0.5, 0.6) is 11.5 Å². The van der Waals surface area contributed by atoms with Gasteiger partial charge in [0.2, 0.25) is 0 Å². The number of hydrogen-bond acceptors (Lipinski definition) is 5. The smallest absolute Gasteiger partial charge is 0.259 e. The quantitative estimate of drug-likeness (QED) is 0.634. The SMILES string of the molecule is COc1cccnc1N1CCOc2c(C(=O)Nc3ccc(C(C)(C)C)cc3)cccc21. The molecule has 1 N–H and O–H groups in total. The first-order valence-corrected chi connectivity index (χ1v) is 10.3. The summed E-state index contributed by atoms with van der Waals surface area (Å²) in [6, 6.07) is 17.2. The van der Waals surface area contributed by atoms with Gasteiger partial charge in [0.1, 0.15) is 6.61 Å². The molecule has 3 aromatic rings. The fourth-order valence-electron chi connectivity index (χ4n) is 3.64. The second kappa shape index (κ2) is 8.30. The van der Waals surface area contributed by atoms with Gasteiger partial charge in [0, 0.05) is 11.9 Å². The lowest BCUT2D eigenvalue weighted by Gasteiger charge is -2.32. The molecule has 0 bridgehead atoms. The van der Waals surface area contributed by atoms with Gasteiger partial charge < -0.3 is 19.7 Å². The highest BCUT2D eigenvalue weighted by atomic mass is 16.5. The number of para-hydroxylation sites is 1. The van der Waals surface area contributed by atoms with Gasteiger partial charge >= 0.3 is 0 Å². The summed E-state index contributed by atoms with van der Waals surface area (Å²) in [5.41, 5.74) is 3.29. The van der Waals surface area contributed by atoms with E-state index >= 15 is 0 Å². The maximum absolute atomic E-state index is 13.1. The van der Waals surface area contributed by atoms with E-state index in [1.165, 1.54) is 5.56 Å². The summed E-state index contributed by atoms with van der Waals surface area (Å²) in [6.07, 6.45) is 1.73. The van der Waals surface area contributed by atoms with Crippen molar-refractivity contribution in [2.75, 3.05) is 30.5 Å². The van der Waals surface area contributed by atoms with E-state index in [9.17, 15) is 4.79 Å². The molecule has 0 atom stereocenters. The fourth-order valence-corrected chi connectivity index (χ4v) is 3.64. The third kappa shape index (κ3) is 4.19. The lowest BCUT2D eigenvalue weighted by atomic mass is 9.87. The van der Waals surface area contributed by atoms with E-state index in [0.717, 1.165) is 11.4 Å². The van der Waals surface area contributed by atoms with Crippen LogP contribution in [-0.2, 0) is 5.41 Å². The molecular weight excluding hydrogens is 390 g/mol. The molecular formula is C25H27N3O3. The molecule has 0 fully saturated rings. The van der Waals surface area contributed by atoms with Gasteiger partial charge in [-0.1, -0.05) is 39.0 Å². The van der Waals surface area contributed by atoms with Crippen molar-refractivity contribution in [2.24, 2.45) is 0 Å². The van der Waals surface area contributed by atoms with Crippen LogP contribution in [0.3, 0.4) is 0 Å². The van der Waals surface area contributed by atoms with E-state index < -0.39 is 0 Å². The number of hydrogen-bond donors (Lipinski definition) is 1. The van der Waals surface area contributed by atoms with Gasteiger partial charge in [0.15, 0.2) is 17.3 Å². The van der Waals surface area contributed by atoms with Gasteiger partial charge in [-0.15, -0.1) is 0 Å². The number of rotatable bonds is 4. The van der Waals surface area contributed by atoms with E-state index in [0.29, 0.717) is 36.0 Å². The average molecular weight is 418 g/mol. The van der Waals surface area contributed by atoms with Crippen molar-refractivity contribution in [3.05, 3.63) is 71.9 Å². The number of fused-ring (bicyclic) bond motifs is 1. The number of anilines is 3. The highest BCUT2D eigenvalue weighted by molar-refractivity contribution is 6.07. The Bertz CT molecular complexity index is 1090. The van der Waals surface area contributed by atoms with Crippen LogP contribution in [0.4, 0.5) is 17.2 Å². The number of carbonyl (C=O) groups excluding carboxylic acids is 1. The zero-order chi connectivity index (χ0) is 22.0. The molecule has 1 aliphatic heterocycles. The van der Waals surface area contributed by atoms with Crippen LogP contribution in [0.1, 0.15) is 36.7 Å². The highest BCUT2D eigenvalue weighted by Gasteiger charge is 2.27. The van der Waals surface area contributed by atoms with Crippen molar-refractivity contribution in [1.82, 2.24) is 4.98 Å². The van der Waals surface area contributed by atoms with Gasteiger partial charge in [-0.05, 0) is 47.4 Å². The largest absolute Gasteiger partial charge is 0.493 e. The first-order valence-electron chi connectivity index (χ1n) is 10.3. The van der Waals surface area contributed by atoms with Crippen molar-refractivity contribution >= 4 is 23.1 Å². The van der Waals surface area contributed by atoms with Crippen LogP contribution in [0.25, 0.3) is 0 Å². The summed E-state index contributed by atoms with van der Waals surface area (Å²) in [5, 5.41) is 2.99. The zero-order valence-electron chi connectivity index (χ0n) is 18.3. The maximum Gasteiger partial charge on any atom is 0.259 e. The van der Waals surface area contributed by atoms with Gasteiger partial charge in [0.25, 0.3) is 5.91 Å². The molecule has 4 rings (SSSR count). The molecule has 0 spiro atoms. The standard InChI is InChI=1S/C25H27N3O3/c1-25(2,3)17-10-12-18(13-11-17)27-24(29)19-7-5-8-20-22(19)31-16-15-28(20)23-21(30-4)9-6-14-26-23/h5-14H,15-16H2,1-4H3,(H,27,29). The summed E-state index contributed by atoms with van der Waals surface area (Å²) in [4.78, 5) is 19.6. The van der Waals surface area contributed by atoms with Crippen LogP contribution < -0.4 is 19.7 Å². The number of benzene rings is 2. The van der Waals surface area contributed by atoms with Crippen molar-refractivity contribution in [3.8, 4) is 11.5 Å². The second-order valence-corrected chi connectivity index (χ2v) is 8.46. The molecule has 0 saturated carbocycles. The minimum Gasteiger partial charge on any atom is -0.493 e. The maximum atomic E-state index is 13.1. The molecule has 1 aromatic heterocycles. The summed E-state index contributed by atoms with van der Waals surface area (Å²) < 4.78 is 11.4. The summed E-state index contributed by atoms with van der Waals surface area (Å²) in [7, 11) is 1.62. The Labute approximate surface area is 182 Å². The van der Waals surface area contributed by atoms with E-state index in [1.54, 1.807) is 19.4 Å². The number of methoxy groups -OCH3 is 1. The Hall–Kier alpha value is -3.54. The predicted molar refractivity (Wildman–Crippen MR) is 123 cm³/mol. The Morgan fingerprint density at radius 2 is 1.87 bits per heavy atom. The molecule has 2 aromatic carbocycles. The Morgan fingerprint density at radius 3 is 2.58 bits per heavy atom. The molecule has 0 unspecified atom stereocenters. The number of carbonyl (C=O) groups is 1. The van der Waals surface area contributed by atoms with Crippen molar-refractivity contribution < 1.29 is 14.3 Å². The van der Waals surface area contributed by atoms with Crippen molar-refractivity contribution in [2.45, 2.75) is 26.2 Å². The molecule has 1 amide bonds. The fraction of sp³-hybridized carbons (Fsp3) is 0.280.